The van der Waals surface area contributed by atoms with Crippen LogP contribution in [0.4, 0.5) is 4.39 Å². The maximum absolute atomic E-state index is 14.0. The molecule has 2 rings (SSSR count). The number of hydrogen-bond donors (Lipinski definition) is 1. The molecule has 1 N–H and O–H groups in total. The Morgan fingerprint density at radius 1 is 1.45 bits per heavy atom. The van der Waals surface area contributed by atoms with Gasteiger partial charge in [0.2, 0.25) is 0 Å². The van der Waals surface area contributed by atoms with Gasteiger partial charge in [0.1, 0.15) is 5.82 Å². The molecule has 0 spiro atoms. The van der Waals surface area contributed by atoms with E-state index in [-0.39, 0.29) is 11.9 Å². The van der Waals surface area contributed by atoms with E-state index in [1.165, 1.54) is 6.07 Å². The average molecular weight is 297 g/mol. The molecule has 0 aliphatic heterocycles. The highest BCUT2D eigenvalue weighted by atomic mass is 35.5. The highest BCUT2D eigenvalue weighted by molar-refractivity contribution is 6.30. The van der Waals surface area contributed by atoms with Crippen LogP contribution in [0.1, 0.15) is 30.6 Å². The van der Waals surface area contributed by atoms with Gasteiger partial charge in [-0.1, -0.05) is 23.7 Å². The number of rotatable bonds is 6. The van der Waals surface area contributed by atoms with Crippen molar-refractivity contribution in [3.63, 3.8) is 0 Å². The second kappa shape index (κ2) is 6.81. The summed E-state index contributed by atoms with van der Waals surface area (Å²) in [6.07, 6.45) is 3.38. The first kappa shape index (κ1) is 14.9. The van der Waals surface area contributed by atoms with E-state index < -0.39 is 0 Å². The predicted molar refractivity (Wildman–Crippen MR) is 77.2 cm³/mol. The molecule has 20 heavy (non-hydrogen) atoms. The first-order valence-corrected chi connectivity index (χ1v) is 7.01. The zero-order chi connectivity index (χ0) is 14.5. The molecule has 1 atom stereocenters. The van der Waals surface area contributed by atoms with Crippen molar-refractivity contribution < 1.29 is 4.39 Å². The van der Waals surface area contributed by atoms with Crippen molar-refractivity contribution in [2.24, 2.45) is 7.05 Å². The van der Waals surface area contributed by atoms with Crippen LogP contribution >= 0.6 is 11.6 Å². The fourth-order valence-electron chi connectivity index (χ4n) is 2.09. The van der Waals surface area contributed by atoms with E-state index in [0.717, 1.165) is 18.7 Å². The summed E-state index contributed by atoms with van der Waals surface area (Å²) in [5.74, 6) is -0.258. The lowest BCUT2D eigenvalue weighted by Crippen LogP contribution is -2.25. The van der Waals surface area contributed by atoms with E-state index in [2.05, 4.69) is 22.6 Å². The molecular formula is C14H18ClFN4. The Labute approximate surface area is 122 Å². The fraction of sp³-hybridized carbons (Fsp3) is 0.429. The second-order valence-corrected chi connectivity index (χ2v) is 5.20. The molecule has 0 fully saturated rings. The lowest BCUT2D eigenvalue weighted by molar-refractivity contribution is 0.493. The number of nitrogens with one attached hydrogen (secondary N) is 1. The zero-order valence-corrected chi connectivity index (χ0v) is 12.4. The van der Waals surface area contributed by atoms with Gasteiger partial charge in [0.15, 0.2) is 0 Å². The van der Waals surface area contributed by atoms with Crippen molar-refractivity contribution in [2.45, 2.75) is 25.8 Å². The minimum atomic E-state index is -0.258. The van der Waals surface area contributed by atoms with Crippen LogP contribution in [0.15, 0.2) is 24.4 Å². The minimum Gasteiger partial charge on any atom is -0.310 e. The number of nitrogens with zero attached hydrogens (tertiary/aromatic N) is 3. The molecule has 0 aliphatic rings. The summed E-state index contributed by atoms with van der Waals surface area (Å²) >= 11 is 5.98. The van der Waals surface area contributed by atoms with Gasteiger partial charge < -0.3 is 5.32 Å². The van der Waals surface area contributed by atoms with Crippen LogP contribution in [0.3, 0.4) is 0 Å². The lowest BCUT2D eigenvalue weighted by atomic mass is 10.0. The number of hydrogen-bond acceptors (Lipinski definition) is 3. The van der Waals surface area contributed by atoms with E-state index in [1.807, 2.05) is 13.2 Å². The van der Waals surface area contributed by atoms with Crippen molar-refractivity contribution in [3.05, 3.63) is 46.5 Å². The van der Waals surface area contributed by atoms with Crippen LogP contribution in [-0.2, 0) is 13.5 Å². The summed E-state index contributed by atoms with van der Waals surface area (Å²) in [5, 5.41) is 11.8. The average Bonchev–Trinajstić information content (AvgIpc) is 2.83. The lowest BCUT2D eigenvalue weighted by Gasteiger charge is -2.18. The molecule has 1 unspecified atom stereocenters. The Morgan fingerprint density at radius 2 is 2.25 bits per heavy atom. The van der Waals surface area contributed by atoms with Gasteiger partial charge in [-0.3, -0.25) is 4.68 Å². The molecule has 4 nitrogen and oxygen atoms in total. The maximum Gasteiger partial charge on any atom is 0.128 e. The Kier molecular flexibility index (Phi) is 5.09. The SMILES string of the molecule is CCCNC(Cc1cn(C)nn1)c1cc(Cl)ccc1F. The van der Waals surface area contributed by atoms with Crippen LogP contribution in [0.5, 0.6) is 0 Å². The number of benzene rings is 1. The van der Waals surface area contributed by atoms with Crippen molar-refractivity contribution in [1.29, 1.82) is 0 Å². The molecule has 1 aromatic heterocycles. The molecule has 2 aromatic rings. The highest BCUT2D eigenvalue weighted by Crippen LogP contribution is 2.24. The standard InChI is InChI=1S/C14H18ClFN4/c1-3-6-17-14(8-11-9-20(2)19-18-11)12-7-10(15)4-5-13(12)16/h4-5,7,9,14,17H,3,6,8H2,1-2H3. The highest BCUT2D eigenvalue weighted by Gasteiger charge is 2.17. The van der Waals surface area contributed by atoms with Gasteiger partial charge in [-0.25, -0.2) is 4.39 Å². The Balaban J connectivity index is 2.24. The maximum atomic E-state index is 14.0. The summed E-state index contributed by atoms with van der Waals surface area (Å²) in [6, 6.07) is 4.46. The second-order valence-electron chi connectivity index (χ2n) is 4.76. The van der Waals surface area contributed by atoms with Crippen LogP contribution in [0.2, 0.25) is 5.02 Å². The molecule has 0 saturated heterocycles. The van der Waals surface area contributed by atoms with Gasteiger partial charge >= 0.3 is 0 Å². The monoisotopic (exact) mass is 296 g/mol. The van der Waals surface area contributed by atoms with Gasteiger partial charge in [-0.2, -0.15) is 0 Å². The van der Waals surface area contributed by atoms with Gasteiger partial charge in [0.25, 0.3) is 0 Å². The van der Waals surface area contributed by atoms with Crippen molar-refractivity contribution >= 4 is 11.6 Å². The van der Waals surface area contributed by atoms with Crippen LogP contribution in [0.25, 0.3) is 0 Å². The van der Waals surface area contributed by atoms with E-state index in [1.54, 1.807) is 16.8 Å². The van der Waals surface area contributed by atoms with Gasteiger partial charge in [-0.05, 0) is 31.2 Å². The first-order chi connectivity index (χ1) is 9.60. The van der Waals surface area contributed by atoms with Crippen LogP contribution in [0, 0.1) is 5.82 Å². The Morgan fingerprint density at radius 3 is 2.90 bits per heavy atom. The summed E-state index contributed by atoms with van der Waals surface area (Å²) in [5.41, 5.74) is 1.39. The van der Waals surface area contributed by atoms with Crippen molar-refractivity contribution in [2.75, 3.05) is 6.54 Å². The third kappa shape index (κ3) is 3.77. The molecule has 6 heteroatoms. The fourth-order valence-corrected chi connectivity index (χ4v) is 2.27. The van der Waals surface area contributed by atoms with Gasteiger partial charge in [-0.15, -0.1) is 5.10 Å². The molecule has 1 heterocycles. The van der Waals surface area contributed by atoms with E-state index in [0.29, 0.717) is 17.0 Å². The zero-order valence-electron chi connectivity index (χ0n) is 11.6. The van der Waals surface area contributed by atoms with Crippen LogP contribution < -0.4 is 5.32 Å². The van der Waals surface area contributed by atoms with E-state index in [4.69, 9.17) is 11.6 Å². The quantitative estimate of drug-likeness (QED) is 0.891. The van der Waals surface area contributed by atoms with Gasteiger partial charge in [0.05, 0.1) is 5.69 Å². The van der Waals surface area contributed by atoms with Crippen LogP contribution in [-0.4, -0.2) is 21.5 Å². The summed E-state index contributed by atoms with van der Waals surface area (Å²) in [6.45, 7) is 2.87. The molecule has 0 aliphatic carbocycles. The van der Waals surface area contributed by atoms with Crippen molar-refractivity contribution in [3.8, 4) is 0 Å². The smallest absolute Gasteiger partial charge is 0.128 e. The summed E-state index contributed by atoms with van der Waals surface area (Å²) < 4.78 is 15.7. The molecular weight excluding hydrogens is 279 g/mol. The Bertz CT molecular complexity index is 570. The molecule has 108 valence electrons. The molecule has 0 saturated carbocycles. The van der Waals surface area contributed by atoms with Gasteiger partial charge in [0, 0.05) is 36.3 Å². The molecule has 0 amide bonds. The minimum absolute atomic E-state index is 0.162. The number of halogens is 2. The molecule has 1 aromatic carbocycles. The third-order valence-corrected chi connectivity index (χ3v) is 3.27. The Hall–Kier alpha value is -1.46. The predicted octanol–water partition coefficient (Wildman–Crippen LogP) is 2.89. The summed E-state index contributed by atoms with van der Waals surface area (Å²) in [4.78, 5) is 0. The van der Waals surface area contributed by atoms with E-state index >= 15 is 0 Å². The first-order valence-electron chi connectivity index (χ1n) is 6.63. The normalized spacial score (nSPS) is 12.6. The third-order valence-electron chi connectivity index (χ3n) is 3.04. The summed E-state index contributed by atoms with van der Waals surface area (Å²) in [7, 11) is 1.81. The topological polar surface area (TPSA) is 42.7 Å². The molecule has 0 radical (unpaired) electrons. The van der Waals surface area contributed by atoms with E-state index in [9.17, 15) is 4.39 Å². The number of aromatic nitrogens is 3. The van der Waals surface area contributed by atoms with Crippen molar-refractivity contribution in [1.82, 2.24) is 20.3 Å². The molecule has 0 bridgehead atoms. The number of aryl methyl sites for hydroxylation is 1. The largest absolute Gasteiger partial charge is 0.310 e.